The highest BCUT2D eigenvalue weighted by Crippen LogP contribution is 2.46. The predicted molar refractivity (Wildman–Crippen MR) is 164 cm³/mol. The fourth-order valence-corrected chi connectivity index (χ4v) is 5.77. The van der Waals surface area contributed by atoms with Crippen LogP contribution < -0.4 is 10.1 Å². The summed E-state index contributed by atoms with van der Waals surface area (Å²) in [5.74, 6) is 0.693. The van der Waals surface area contributed by atoms with Gasteiger partial charge < -0.3 is 15.0 Å². The summed E-state index contributed by atoms with van der Waals surface area (Å²) >= 11 is 0. The van der Waals surface area contributed by atoms with Gasteiger partial charge in [-0.25, -0.2) is 0 Å². The Bertz CT molecular complexity index is 1570. The number of fused-ring (bicyclic) bond motifs is 1. The molecule has 1 fully saturated rings. The zero-order valence-electron chi connectivity index (χ0n) is 24.4. The maximum Gasteiger partial charge on any atom is 0.258 e. The molecule has 6 rings (SSSR count). The van der Waals surface area contributed by atoms with Crippen LogP contribution in [0.3, 0.4) is 0 Å². The Morgan fingerprint density at radius 2 is 1.90 bits per heavy atom. The van der Waals surface area contributed by atoms with E-state index in [0.29, 0.717) is 29.8 Å². The summed E-state index contributed by atoms with van der Waals surface area (Å²) in [5.41, 5.74) is 6.40. The molecule has 0 spiro atoms. The van der Waals surface area contributed by atoms with Crippen molar-refractivity contribution in [2.24, 2.45) is 5.41 Å². The second-order valence-corrected chi connectivity index (χ2v) is 11.7. The maximum atomic E-state index is 13.0. The molecule has 7 nitrogen and oxygen atoms in total. The molecule has 0 bridgehead atoms. The Labute approximate surface area is 247 Å². The third kappa shape index (κ3) is 6.31. The first-order valence-corrected chi connectivity index (χ1v) is 15.0. The van der Waals surface area contributed by atoms with Gasteiger partial charge in [-0.3, -0.25) is 14.3 Å². The van der Waals surface area contributed by atoms with Crippen LogP contribution in [0.1, 0.15) is 60.2 Å². The molecule has 0 saturated heterocycles. The van der Waals surface area contributed by atoms with Crippen molar-refractivity contribution < 1.29 is 14.3 Å². The van der Waals surface area contributed by atoms with Gasteiger partial charge in [0.2, 0.25) is 0 Å². The van der Waals surface area contributed by atoms with Gasteiger partial charge in [-0.05, 0) is 72.8 Å². The van der Waals surface area contributed by atoms with E-state index in [4.69, 9.17) is 4.74 Å². The molecule has 7 heteroatoms. The van der Waals surface area contributed by atoms with Gasteiger partial charge >= 0.3 is 0 Å². The van der Waals surface area contributed by atoms with Crippen LogP contribution in [-0.2, 0) is 17.8 Å². The number of amides is 1. The molecule has 0 atom stereocenters. The third-order valence-electron chi connectivity index (χ3n) is 8.58. The molecule has 216 valence electrons. The van der Waals surface area contributed by atoms with Crippen molar-refractivity contribution in [3.05, 3.63) is 112 Å². The Kier molecular flexibility index (Phi) is 7.94. The Morgan fingerprint density at radius 1 is 1.10 bits per heavy atom. The Balaban J connectivity index is 1.09. The number of carbonyl (C=O) groups excluding carboxylic acids is 2. The van der Waals surface area contributed by atoms with Gasteiger partial charge in [-0.1, -0.05) is 62.4 Å². The van der Waals surface area contributed by atoms with E-state index in [1.165, 1.54) is 18.4 Å². The van der Waals surface area contributed by atoms with Crippen LogP contribution in [0.15, 0.2) is 89.9 Å². The number of nitrogens with zero attached hydrogens (tertiary/aromatic N) is 3. The normalized spacial score (nSPS) is 16.9. The van der Waals surface area contributed by atoms with Gasteiger partial charge in [0.1, 0.15) is 5.75 Å². The topological polar surface area (TPSA) is 76.5 Å². The van der Waals surface area contributed by atoms with E-state index in [2.05, 4.69) is 47.4 Å². The molecule has 2 aromatic carbocycles. The second-order valence-electron chi connectivity index (χ2n) is 11.7. The van der Waals surface area contributed by atoms with E-state index < -0.39 is 0 Å². The number of Topliss-reactive ketones (excluding diaryl/α,β-unsaturated/α-hetero) is 1. The van der Waals surface area contributed by atoms with Crippen LogP contribution in [0.25, 0.3) is 6.08 Å². The van der Waals surface area contributed by atoms with E-state index >= 15 is 0 Å². The Hall–Kier alpha value is -4.23. The number of hydrogen-bond acceptors (Lipinski definition) is 5. The first kappa shape index (κ1) is 27.9. The monoisotopic (exact) mass is 562 g/mol. The van der Waals surface area contributed by atoms with Crippen LogP contribution in [0.4, 0.5) is 0 Å². The van der Waals surface area contributed by atoms with Crippen molar-refractivity contribution in [2.75, 3.05) is 26.2 Å². The highest BCUT2D eigenvalue weighted by Gasteiger charge is 2.44. The number of benzene rings is 2. The van der Waals surface area contributed by atoms with Gasteiger partial charge in [0.15, 0.2) is 5.78 Å². The van der Waals surface area contributed by atoms with Crippen LogP contribution in [0, 0.1) is 5.41 Å². The molecule has 42 heavy (non-hydrogen) atoms. The smallest absolute Gasteiger partial charge is 0.258 e. The summed E-state index contributed by atoms with van der Waals surface area (Å²) in [6.45, 7) is 8.99. The van der Waals surface area contributed by atoms with E-state index in [-0.39, 0.29) is 23.5 Å². The van der Waals surface area contributed by atoms with Gasteiger partial charge in [-0.15, -0.1) is 0 Å². The number of rotatable bonds is 12. The molecule has 3 aliphatic rings. The number of carbonyl (C=O) groups is 2. The standard InChI is InChI=1S/C35H38N4O3/c1-3-38(4-2)23-35(14-15-35)24-42-31-12-10-26-16-28(17-27(26)18-31)32-19-30(11-13-33(32)40)37-34(41)29-20-36-39(22-29)21-25-8-6-5-7-9-25/h5-12,17-20,22H,3-4,13-16,21,23-24H2,1-2H3,(H,37,41). The number of allylic oxidation sites excluding steroid dienone is 4. The summed E-state index contributed by atoms with van der Waals surface area (Å²) in [4.78, 5) is 28.4. The maximum absolute atomic E-state index is 13.0. The van der Waals surface area contributed by atoms with E-state index in [1.807, 2.05) is 36.4 Å². The van der Waals surface area contributed by atoms with Crippen LogP contribution in [0.5, 0.6) is 5.75 Å². The van der Waals surface area contributed by atoms with Crippen molar-refractivity contribution in [3.8, 4) is 5.75 Å². The minimum Gasteiger partial charge on any atom is -0.493 e. The Morgan fingerprint density at radius 3 is 2.67 bits per heavy atom. The molecular formula is C35H38N4O3. The van der Waals surface area contributed by atoms with Crippen molar-refractivity contribution in [2.45, 2.75) is 46.1 Å². The fraction of sp³-hybridized carbons (Fsp3) is 0.343. The molecule has 1 heterocycles. The van der Waals surface area contributed by atoms with Crippen LogP contribution >= 0.6 is 0 Å². The lowest BCUT2D eigenvalue weighted by Gasteiger charge is -2.25. The lowest BCUT2D eigenvalue weighted by molar-refractivity contribution is -0.114. The van der Waals surface area contributed by atoms with Crippen molar-refractivity contribution in [1.82, 2.24) is 20.0 Å². The number of hydrogen-bond donors (Lipinski definition) is 1. The molecule has 3 aromatic rings. The summed E-state index contributed by atoms with van der Waals surface area (Å²) in [6, 6.07) is 16.2. The first-order chi connectivity index (χ1) is 20.4. The van der Waals surface area contributed by atoms with Gasteiger partial charge in [0.05, 0.1) is 24.9 Å². The quantitative estimate of drug-likeness (QED) is 0.312. The minimum absolute atomic E-state index is 0.0614. The number of nitrogens with one attached hydrogen (secondary N) is 1. The highest BCUT2D eigenvalue weighted by atomic mass is 16.5. The zero-order chi connectivity index (χ0) is 29.1. The average Bonchev–Trinajstić information content (AvgIpc) is 3.39. The second kappa shape index (κ2) is 11.9. The van der Waals surface area contributed by atoms with Gasteiger partial charge in [0.25, 0.3) is 5.91 Å². The minimum atomic E-state index is -0.245. The van der Waals surface area contributed by atoms with Crippen LogP contribution in [-0.4, -0.2) is 52.6 Å². The van der Waals surface area contributed by atoms with Crippen molar-refractivity contribution >= 4 is 17.8 Å². The fourth-order valence-electron chi connectivity index (χ4n) is 5.77. The molecule has 1 saturated carbocycles. The molecule has 0 radical (unpaired) electrons. The first-order valence-electron chi connectivity index (χ1n) is 15.0. The number of ether oxygens (including phenoxy) is 1. The van der Waals surface area contributed by atoms with E-state index in [0.717, 1.165) is 48.7 Å². The lowest BCUT2D eigenvalue weighted by atomic mass is 9.93. The number of aromatic nitrogens is 2. The summed E-state index contributed by atoms with van der Waals surface area (Å²) in [5, 5.41) is 7.31. The molecule has 1 amide bonds. The molecular weight excluding hydrogens is 524 g/mol. The predicted octanol–water partition coefficient (Wildman–Crippen LogP) is 5.58. The molecule has 1 N–H and O–H groups in total. The molecule has 3 aliphatic carbocycles. The molecule has 0 unspecified atom stereocenters. The summed E-state index contributed by atoms with van der Waals surface area (Å²) in [7, 11) is 0. The molecule has 0 aliphatic heterocycles. The number of ketones is 1. The van der Waals surface area contributed by atoms with Crippen LogP contribution in [0.2, 0.25) is 0 Å². The lowest BCUT2D eigenvalue weighted by Crippen LogP contribution is -2.33. The van der Waals surface area contributed by atoms with E-state index in [9.17, 15) is 9.59 Å². The highest BCUT2D eigenvalue weighted by molar-refractivity contribution is 6.04. The van der Waals surface area contributed by atoms with Crippen molar-refractivity contribution in [3.63, 3.8) is 0 Å². The zero-order valence-corrected chi connectivity index (χ0v) is 24.4. The van der Waals surface area contributed by atoms with E-state index in [1.54, 1.807) is 29.2 Å². The largest absolute Gasteiger partial charge is 0.493 e. The van der Waals surface area contributed by atoms with Gasteiger partial charge in [0, 0.05) is 35.8 Å². The van der Waals surface area contributed by atoms with Crippen molar-refractivity contribution in [1.29, 1.82) is 0 Å². The SMILES string of the molecule is CCN(CC)CC1(COc2ccc3c(c2)C=C(C2=CC(NC(=O)c4cnn(Cc5ccccc5)c4)=CCC2=O)C3)CC1. The summed E-state index contributed by atoms with van der Waals surface area (Å²) in [6.07, 6.45) is 12.4. The van der Waals surface area contributed by atoms with Gasteiger partial charge in [-0.2, -0.15) is 5.10 Å². The summed E-state index contributed by atoms with van der Waals surface area (Å²) < 4.78 is 8.04. The average molecular weight is 563 g/mol. The third-order valence-corrected chi connectivity index (χ3v) is 8.58. The molecule has 1 aromatic heterocycles.